The van der Waals surface area contributed by atoms with Crippen molar-refractivity contribution >= 4 is 30.2 Å². The third kappa shape index (κ3) is 6.76. The van der Waals surface area contributed by atoms with E-state index in [2.05, 4.69) is 17.3 Å². The number of nitrogens with one attached hydrogen (secondary N) is 1. The Morgan fingerprint density at radius 2 is 1.79 bits per heavy atom. The van der Waals surface area contributed by atoms with Crippen LogP contribution < -0.4 is 5.32 Å². The lowest BCUT2D eigenvalue weighted by Gasteiger charge is -2.28. The van der Waals surface area contributed by atoms with Gasteiger partial charge >= 0.3 is 12.1 Å². The molecular weight excluding hydrogens is 392 g/mol. The molecule has 156 valence electrons. The molecule has 29 heavy (non-hydrogen) atoms. The zero-order valence-corrected chi connectivity index (χ0v) is 17.3. The minimum absolute atomic E-state index is 0. The number of aryl methyl sites for hydroxylation is 1. The molecule has 1 aliphatic heterocycles. The molecule has 1 fully saturated rings. The van der Waals surface area contributed by atoms with Gasteiger partial charge in [0.2, 0.25) is 0 Å². The first-order valence-electron chi connectivity index (χ1n) is 9.57. The first-order valence-corrected chi connectivity index (χ1v) is 9.57. The number of ether oxygens (including phenoxy) is 1. The summed E-state index contributed by atoms with van der Waals surface area (Å²) < 4.78 is 5.55. The minimum Gasteiger partial charge on any atom is -0.481 e. The molecule has 0 spiro atoms. The highest BCUT2D eigenvalue weighted by Crippen LogP contribution is 2.27. The minimum atomic E-state index is -0.870. The third-order valence-electron chi connectivity index (χ3n) is 5.00. The lowest BCUT2D eigenvalue weighted by atomic mass is 9.99. The number of benzene rings is 2. The number of anilines is 1. The van der Waals surface area contributed by atoms with Crippen LogP contribution in [-0.4, -0.2) is 48.3 Å². The molecule has 0 unspecified atom stereocenters. The third-order valence-corrected chi connectivity index (χ3v) is 5.00. The Labute approximate surface area is 177 Å². The predicted molar refractivity (Wildman–Crippen MR) is 116 cm³/mol. The lowest BCUT2D eigenvalue weighted by molar-refractivity contribution is -0.136. The van der Waals surface area contributed by atoms with Crippen molar-refractivity contribution in [1.29, 1.82) is 0 Å². The van der Waals surface area contributed by atoms with Gasteiger partial charge in [-0.15, -0.1) is 12.4 Å². The van der Waals surface area contributed by atoms with E-state index in [0.717, 1.165) is 42.6 Å². The second-order valence-electron chi connectivity index (χ2n) is 7.16. The molecule has 7 heteroatoms. The molecule has 0 radical (unpaired) electrons. The van der Waals surface area contributed by atoms with Crippen LogP contribution in [0.4, 0.5) is 10.5 Å². The van der Waals surface area contributed by atoms with Crippen molar-refractivity contribution < 1.29 is 19.4 Å². The highest BCUT2D eigenvalue weighted by Gasteiger charge is 2.21. The molecular formula is C22H27ClN2O4. The lowest BCUT2D eigenvalue weighted by Crippen LogP contribution is -2.36. The van der Waals surface area contributed by atoms with E-state index in [1.807, 2.05) is 48.5 Å². The van der Waals surface area contributed by atoms with Crippen LogP contribution in [0.2, 0.25) is 0 Å². The molecule has 1 amide bonds. The first kappa shape index (κ1) is 22.7. The molecule has 0 aliphatic carbocycles. The van der Waals surface area contributed by atoms with Gasteiger partial charge < -0.3 is 14.7 Å². The summed E-state index contributed by atoms with van der Waals surface area (Å²) >= 11 is 0. The van der Waals surface area contributed by atoms with E-state index < -0.39 is 12.1 Å². The number of hydrogen-bond donors (Lipinski definition) is 2. The topological polar surface area (TPSA) is 78.9 Å². The van der Waals surface area contributed by atoms with Crippen molar-refractivity contribution in [3.05, 3.63) is 54.1 Å². The molecule has 0 saturated carbocycles. The standard InChI is InChI=1S/C22H26N2O4.ClH/c1-24-13-11-19(12-14-24)28-22(27)23-20-9-7-17(16-5-3-2-4-6-16)15-18(20)8-10-21(25)26;/h2-7,9,15,19H,8,10-14H2,1H3,(H,23,27)(H,25,26);1H. The SMILES string of the molecule is CN1CCC(OC(=O)Nc2ccc(-c3ccccc3)cc2CCC(=O)O)CC1.Cl. The van der Waals surface area contributed by atoms with Gasteiger partial charge in [-0.3, -0.25) is 10.1 Å². The molecule has 1 saturated heterocycles. The Balaban J connectivity index is 0.00000300. The second-order valence-corrected chi connectivity index (χ2v) is 7.16. The van der Waals surface area contributed by atoms with Crippen molar-refractivity contribution in [2.45, 2.75) is 31.8 Å². The molecule has 1 heterocycles. The fraction of sp³-hybridized carbons (Fsp3) is 0.364. The van der Waals surface area contributed by atoms with Crippen LogP contribution in [0.1, 0.15) is 24.8 Å². The van der Waals surface area contributed by atoms with Gasteiger partial charge in [0.1, 0.15) is 6.10 Å². The van der Waals surface area contributed by atoms with Gasteiger partial charge in [-0.05, 0) is 55.1 Å². The number of piperidine rings is 1. The van der Waals surface area contributed by atoms with Crippen molar-refractivity contribution in [2.24, 2.45) is 0 Å². The molecule has 0 aromatic heterocycles. The normalized spacial score (nSPS) is 14.7. The van der Waals surface area contributed by atoms with Crippen LogP contribution in [0.3, 0.4) is 0 Å². The summed E-state index contributed by atoms with van der Waals surface area (Å²) in [7, 11) is 2.05. The average Bonchev–Trinajstić information content (AvgIpc) is 2.69. The monoisotopic (exact) mass is 418 g/mol. The maximum atomic E-state index is 12.3. The molecule has 0 atom stereocenters. The van der Waals surface area contributed by atoms with Crippen molar-refractivity contribution in [2.75, 3.05) is 25.5 Å². The summed E-state index contributed by atoms with van der Waals surface area (Å²) in [6.07, 6.45) is 1.41. The van der Waals surface area contributed by atoms with Gasteiger partial charge in [-0.2, -0.15) is 0 Å². The zero-order chi connectivity index (χ0) is 19.9. The van der Waals surface area contributed by atoms with E-state index in [0.29, 0.717) is 12.1 Å². The van der Waals surface area contributed by atoms with Crippen molar-refractivity contribution in [3.8, 4) is 11.1 Å². The Hall–Kier alpha value is -2.57. The van der Waals surface area contributed by atoms with Crippen LogP contribution in [0.5, 0.6) is 0 Å². The van der Waals surface area contributed by atoms with E-state index in [4.69, 9.17) is 9.84 Å². The van der Waals surface area contributed by atoms with Crippen LogP contribution in [0.25, 0.3) is 11.1 Å². The Bertz CT molecular complexity index is 821. The summed E-state index contributed by atoms with van der Waals surface area (Å²) in [4.78, 5) is 25.6. The number of carboxylic acids is 1. The second kappa shape index (κ2) is 10.8. The number of carbonyl (C=O) groups is 2. The quantitative estimate of drug-likeness (QED) is 0.725. The first-order chi connectivity index (χ1) is 13.5. The summed E-state index contributed by atoms with van der Waals surface area (Å²) in [5, 5.41) is 11.9. The molecule has 2 N–H and O–H groups in total. The highest BCUT2D eigenvalue weighted by molar-refractivity contribution is 5.87. The summed E-state index contributed by atoms with van der Waals surface area (Å²) in [5.74, 6) is -0.870. The molecule has 6 nitrogen and oxygen atoms in total. The molecule has 2 aromatic rings. The van der Waals surface area contributed by atoms with E-state index >= 15 is 0 Å². The van der Waals surface area contributed by atoms with E-state index in [-0.39, 0.29) is 24.9 Å². The average molecular weight is 419 g/mol. The number of carboxylic acid groups (broad SMARTS) is 1. The zero-order valence-electron chi connectivity index (χ0n) is 16.5. The number of aliphatic carboxylic acids is 1. The smallest absolute Gasteiger partial charge is 0.411 e. The van der Waals surface area contributed by atoms with Crippen molar-refractivity contribution in [3.63, 3.8) is 0 Å². The molecule has 1 aliphatic rings. The number of nitrogens with zero attached hydrogens (tertiary/aromatic N) is 1. The number of likely N-dealkylation sites (tertiary alicyclic amines) is 1. The van der Waals surface area contributed by atoms with Crippen molar-refractivity contribution in [1.82, 2.24) is 4.90 Å². The molecule has 2 aromatic carbocycles. The van der Waals surface area contributed by atoms with Crippen LogP contribution >= 0.6 is 12.4 Å². The largest absolute Gasteiger partial charge is 0.481 e. The number of hydrogen-bond acceptors (Lipinski definition) is 4. The van der Waals surface area contributed by atoms with Gasteiger partial charge in [0.25, 0.3) is 0 Å². The fourth-order valence-corrected chi connectivity index (χ4v) is 3.37. The van der Waals surface area contributed by atoms with Crippen LogP contribution in [0, 0.1) is 0 Å². The maximum absolute atomic E-state index is 12.3. The van der Waals surface area contributed by atoms with Gasteiger partial charge in [0, 0.05) is 25.2 Å². The number of amides is 1. The van der Waals surface area contributed by atoms with Gasteiger partial charge in [0.05, 0.1) is 0 Å². The van der Waals surface area contributed by atoms with Gasteiger partial charge in [-0.1, -0.05) is 36.4 Å². The Kier molecular flexibility index (Phi) is 8.49. The number of carbonyl (C=O) groups excluding carboxylic acids is 1. The van der Waals surface area contributed by atoms with E-state index in [1.54, 1.807) is 0 Å². The number of halogens is 1. The van der Waals surface area contributed by atoms with Gasteiger partial charge in [-0.25, -0.2) is 4.79 Å². The van der Waals surface area contributed by atoms with Crippen LogP contribution in [0.15, 0.2) is 48.5 Å². The predicted octanol–water partition coefficient (Wildman–Crippen LogP) is 4.44. The maximum Gasteiger partial charge on any atom is 0.411 e. The fourth-order valence-electron chi connectivity index (χ4n) is 3.37. The number of rotatable bonds is 6. The summed E-state index contributed by atoms with van der Waals surface area (Å²) in [5.41, 5.74) is 3.40. The Morgan fingerprint density at radius 3 is 2.45 bits per heavy atom. The summed E-state index contributed by atoms with van der Waals surface area (Å²) in [6.45, 7) is 1.82. The van der Waals surface area contributed by atoms with Gasteiger partial charge in [0.15, 0.2) is 0 Å². The highest BCUT2D eigenvalue weighted by atomic mass is 35.5. The summed E-state index contributed by atoms with van der Waals surface area (Å²) in [6, 6.07) is 15.5. The molecule has 3 rings (SSSR count). The van der Waals surface area contributed by atoms with E-state index in [9.17, 15) is 9.59 Å². The Morgan fingerprint density at radius 1 is 1.10 bits per heavy atom. The molecule has 0 bridgehead atoms. The van der Waals surface area contributed by atoms with Crippen LogP contribution in [-0.2, 0) is 16.0 Å². The van der Waals surface area contributed by atoms with E-state index in [1.165, 1.54) is 0 Å².